The van der Waals surface area contributed by atoms with Crippen LogP contribution in [-0.4, -0.2) is 80.8 Å². The van der Waals surface area contributed by atoms with Crippen LogP contribution in [0, 0.1) is 5.41 Å². The van der Waals surface area contributed by atoms with Gasteiger partial charge in [-0.05, 0) is 42.6 Å². The Morgan fingerprint density at radius 2 is 1.93 bits per heavy atom. The first kappa shape index (κ1) is 22.2. The van der Waals surface area contributed by atoms with Gasteiger partial charge in [0.15, 0.2) is 12.1 Å². The van der Waals surface area contributed by atoms with Crippen molar-refractivity contribution < 1.29 is 39.8 Å². The number of carbonyl (C=O) groups is 1. The molecule has 0 unspecified atom stereocenters. The van der Waals surface area contributed by atoms with Gasteiger partial charge in [-0.15, -0.1) is 0 Å². The summed E-state index contributed by atoms with van der Waals surface area (Å²) in [6.07, 6.45) is -5.33. The second-order valence-electron chi connectivity index (χ2n) is 7.96. The second-order valence-corrected chi connectivity index (χ2v) is 7.96. The van der Waals surface area contributed by atoms with E-state index in [1.54, 1.807) is 26.0 Å². The Labute approximate surface area is 158 Å². The number of aliphatic hydroxyl groups excluding tert-OH is 5. The minimum atomic E-state index is -1.54. The van der Waals surface area contributed by atoms with Crippen molar-refractivity contribution in [3.05, 3.63) is 23.3 Å². The van der Waals surface area contributed by atoms with Gasteiger partial charge in [0.1, 0.15) is 24.4 Å². The first-order valence-corrected chi connectivity index (χ1v) is 9.05. The van der Waals surface area contributed by atoms with E-state index < -0.39 is 54.9 Å². The predicted molar refractivity (Wildman–Crippen MR) is 95.6 cm³/mol. The molecule has 2 aliphatic rings. The Balaban J connectivity index is 2.12. The van der Waals surface area contributed by atoms with Gasteiger partial charge in [-0.3, -0.25) is 4.79 Å². The minimum Gasteiger partial charge on any atom is -0.394 e. The summed E-state index contributed by atoms with van der Waals surface area (Å²) < 4.78 is 10.8. The van der Waals surface area contributed by atoms with E-state index in [1.165, 1.54) is 0 Å². The van der Waals surface area contributed by atoms with Gasteiger partial charge in [-0.2, -0.15) is 0 Å². The molecule has 154 valence electrons. The number of rotatable bonds is 5. The fourth-order valence-corrected chi connectivity index (χ4v) is 3.57. The summed E-state index contributed by atoms with van der Waals surface area (Å²) in [6, 6.07) is 0. The smallest absolute Gasteiger partial charge is 0.187 e. The van der Waals surface area contributed by atoms with Crippen LogP contribution in [0.5, 0.6) is 0 Å². The molecule has 5 N–H and O–H groups in total. The largest absolute Gasteiger partial charge is 0.394 e. The molecule has 2 rings (SSSR count). The molecule has 0 radical (unpaired) electrons. The predicted octanol–water partition coefficient (Wildman–Crippen LogP) is -0.576. The molecule has 1 aliphatic heterocycles. The lowest BCUT2D eigenvalue weighted by Crippen LogP contribution is -2.60. The molecular formula is C19H30O8. The van der Waals surface area contributed by atoms with E-state index in [4.69, 9.17) is 9.47 Å². The van der Waals surface area contributed by atoms with E-state index >= 15 is 0 Å². The van der Waals surface area contributed by atoms with E-state index in [0.717, 1.165) is 11.1 Å². The van der Waals surface area contributed by atoms with E-state index in [2.05, 4.69) is 0 Å². The van der Waals surface area contributed by atoms with Crippen molar-refractivity contribution in [1.82, 2.24) is 0 Å². The Kier molecular flexibility index (Phi) is 6.96. The van der Waals surface area contributed by atoms with Crippen molar-refractivity contribution in [2.75, 3.05) is 6.61 Å². The molecule has 0 amide bonds. The van der Waals surface area contributed by atoms with Crippen LogP contribution in [0.25, 0.3) is 0 Å². The van der Waals surface area contributed by atoms with Crippen LogP contribution in [0.3, 0.4) is 0 Å². The molecule has 8 heteroatoms. The third-order valence-corrected chi connectivity index (χ3v) is 5.16. The molecule has 8 nitrogen and oxygen atoms in total. The summed E-state index contributed by atoms with van der Waals surface area (Å²) in [7, 11) is 0. The van der Waals surface area contributed by atoms with Crippen LogP contribution in [0.1, 0.15) is 34.1 Å². The highest BCUT2D eigenvalue weighted by Gasteiger charge is 2.45. The number of allylic oxidation sites excluding steroid dienone is 3. The zero-order chi connectivity index (χ0) is 20.5. The maximum absolute atomic E-state index is 11.8. The first-order chi connectivity index (χ1) is 12.5. The average molecular weight is 386 g/mol. The second kappa shape index (κ2) is 8.48. The fraction of sp³-hybridized carbons (Fsp3) is 0.737. The third-order valence-electron chi connectivity index (χ3n) is 5.16. The molecule has 0 bridgehead atoms. The molecule has 0 saturated carbocycles. The first-order valence-electron chi connectivity index (χ1n) is 9.05. The number of aliphatic hydroxyl groups is 5. The molecule has 0 spiro atoms. The van der Waals surface area contributed by atoms with Gasteiger partial charge in [0.05, 0.1) is 18.8 Å². The summed E-state index contributed by atoms with van der Waals surface area (Å²) in [4.78, 5) is 11.8. The molecule has 0 aromatic rings. The number of carbonyl (C=O) groups excluding carboxylic acids is 1. The van der Waals surface area contributed by atoms with Gasteiger partial charge < -0.3 is 35.0 Å². The number of ether oxygens (including phenoxy) is 2. The van der Waals surface area contributed by atoms with Crippen molar-refractivity contribution in [2.45, 2.75) is 77.0 Å². The lowest BCUT2D eigenvalue weighted by molar-refractivity contribution is -0.313. The monoisotopic (exact) mass is 386 g/mol. The van der Waals surface area contributed by atoms with Crippen molar-refractivity contribution in [2.24, 2.45) is 5.41 Å². The van der Waals surface area contributed by atoms with E-state index in [-0.39, 0.29) is 5.78 Å². The zero-order valence-electron chi connectivity index (χ0n) is 16.1. The van der Waals surface area contributed by atoms with Crippen LogP contribution in [-0.2, 0) is 14.3 Å². The number of hydrogen-bond donors (Lipinski definition) is 5. The Morgan fingerprint density at radius 3 is 2.48 bits per heavy atom. The maximum Gasteiger partial charge on any atom is 0.187 e. The summed E-state index contributed by atoms with van der Waals surface area (Å²) in [5.41, 5.74) is 1.17. The van der Waals surface area contributed by atoms with Gasteiger partial charge in [-0.1, -0.05) is 13.8 Å². The molecule has 0 aromatic heterocycles. The molecule has 1 heterocycles. The third kappa shape index (κ3) is 4.83. The summed E-state index contributed by atoms with van der Waals surface area (Å²) in [5, 5.41) is 49.4. The average Bonchev–Trinajstić information content (AvgIpc) is 2.57. The Bertz CT molecular complexity index is 609. The fourth-order valence-electron chi connectivity index (χ4n) is 3.57. The van der Waals surface area contributed by atoms with Gasteiger partial charge >= 0.3 is 0 Å². The number of ketones is 1. The van der Waals surface area contributed by atoms with E-state index in [0.29, 0.717) is 6.42 Å². The van der Waals surface area contributed by atoms with Crippen molar-refractivity contribution >= 4 is 5.78 Å². The topological polar surface area (TPSA) is 137 Å². The molecule has 0 aromatic carbocycles. The summed E-state index contributed by atoms with van der Waals surface area (Å²) in [5.74, 6) is 0.0368. The highest BCUT2D eigenvalue weighted by atomic mass is 16.7. The molecule has 1 saturated heterocycles. The Morgan fingerprint density at radius 1 is 1.30 bits per heavy atom. The zero-order valence-corrected chi connectivity index (χ0v) is 16.1. The standard InChI is InChI=1S/C19H30O8/c1-9-5-11(21)7-19(3,4)12(9)6-13(22)10(2)26-18-17(25)16(24)15(23)14(8-20)27-18/h5-6,10,13-18,20,22-25H,7-8H2,1-4H3/b12-6-/t10-,13-,14-,15-,16+,17-,18-/m1/s1. The van der Waals surface area contributed by atoms with Crippen molar-refractivity contribution in [1.29, 1.82) is 0 Å². The van der Waals surface area contributed by atoms with Gasteiger partial charge in [0.25, 0.3) is 0 Å². The maximum atomic E-state index is 11.8. The quantitative estimate of drug-likeness (QED) is 0.423. The van der Waals surface area contributed by atoms with Gasteiger partial charge in [0, 0.05) is 6.42 Å². The molecular weight excluding hydrogens is 356 g/mol. The highest BCUT2D eigenvalue weighted by molar-refractivity contribution is 5.93. The molecule has 1 fully saturated rings. The molecule has 7 atom stereocenters. The minimum absolute atomic E-state index is 0.0368. The van der Waals surface area contributed by atoms with Crippen LogP contribution in [0.2, 0.25) is 0 Å². The van der Waals surface area contributed by atoms with Crippen LogP contribution >= 0.6 is 0 Å². The number of hydrogen-bond acceptors (Lipinski definition) is 8. The molecule has 1 aliphatic carbocycles. The highest BCUT2D eigenvalue weighted by Crippen LogP contribution is 2.39. The summed E-state index contributed by atoms with van der Waals surface area (Å²) in [6.45, 7) is 6.66. The summed E-state index contributed by atoms with van der Waals surface area (Å²) >= 11 is 0. The Hall–Kier alpha value is -1.13. The van der Waals surface area contributed by atoms with Crippen molar-refractivity contribution in [3.8, 4) is 0 Å². The lowest BCUT2D eigenvalue weighted by atomic mass is 9.72. The van der Waals surface area contributed by atoms with Crippen LogP contribution < -0.4 is 0 Å². The van der Waals surface area contributed by atoms with E-state index in [1.807, 2.05) is 13.8 Å². The SMILES string of the molecule is CC1=CC(=O)CC(C)(C)/C1=C\[C@@H](O)[C@@H](C)O[C@@H]1O[C@H](CO)[C@@H](O)[C@H](O)[C@H]1O. The van der Waals surface area contributed by atoms with Gasteiger partial charge in [0.2, 0.25) is 0 Å². The van der Waals surface area contributed by atoms with Gasteiger partial charge in [-0.25, -0.2) is 0 Å². The lowest BCUT2D eigenvalue weighted by Gasteiger charge is -2.41. The van der Waals surface area contributed by atoms with Crippen molar-refractivity contribution in [3.63, 3.8) is 0 Å². The van der Waals surface area contributed by atoms with E-state index in [9.17, 15) is 30.3 Å². The van der Waals surface area contributed by atoms with Crippen LogP contribution in [0.15, 0.2) is 23.3 Å². The normalized spacial score (nSPS) is 37.8. The molecule has 27 heavy (non-hydrogen) atoms. The van der Waals surface area contributed by atoms with Crippen LogP contribution in [0.4, 0.5) is 0 Å².